The average molecular weight is 323 g/mol. The van der Waals surface area contributed by atoms with Crippen LogP contribution in [0, 0.1) is 19.7 Å². The lowest BCUT2D eigenvalue weighted by Crippen LogP contribution is -2.27. The van der Waals surface area contributed by atoms with Crippen molar-refractivity contribution in [1.82, 2.24) is 9.78 Å². The van der Waals surface area contributed by atoms with E-state index >= 15 is 0 Å². The summed E-state index contributed by atoms with van der Waals surface area (Å²) in [5, 5.41) is 4.27. The van der Waals surface area contributed by atoms with Gasteiger partial charge >= 0.3 is 0 Å². The maximum atomic E-state index is 13.3. The lowest BCUT2D eigenvalue weighted by molar-refractivity contribution is 0.0987. The van der Waals surface area contributed by atoms with E-state index in [2.05, 4.69) is 5.10 Å². The van der Waals surface area contributed by atoms with Gasteiger partial charge in [-0.3, -0.25) is 4.79 Å². The van der Waals surface area contributed by atoms with Crippen molar-refractivity contribution < 1.29 is 9.18 Å². The van der Waals surface area contributed by atoms with E-state index in [1.807, 2.05) is 32.0 Å². The van der Waals surface area contributed by atoms with Gasteiger partial charge in [0.15, 0.2) is 5.69 Å². The molecule has 0 aliphatic carbocycles. The van der Waals surface area contributed by atoms with Crippen LogP contribution in [-0.4, -0.2) is 22.7 Å². The first-order chi connectivity index (χ1) is 11.5. The summed E-state index contributed by atoms with van der Waals surface area (Å²) in [7, 11) is 1.72. The molecule has 0 aliphatic heterocycles. The minimum Gasteiger partial charge on any atom is -0.310 e. The Balaban J connectivity index is 1.88. The summed E-state index contributed by atoms with van der Waals surface area (Å²) < 4.78 is 14.8. The van der Waals surface area contributed by atoms with E-state index in [4.69, 9.17) is 0 Å². The number of aromatic nitrogens is 2. The highest BCUT2D eigenvalue weighted by molar-refractivity contribution is 6.04. The highest BCUT2D eigenvalue weighted by Crippen LogP contribution is 2.21. The molecule has 0 bridgehead atoms. The second-order valence-corrected chi connectivity index (χ2v) is 5.78. The van der Waals surface area contributed by atoms with Crippen LogP contribution in [0.25, 0.3) is 5.69 Å². The second kappa shape index (κ2) is 6.28. The zero-order valence-corrected chi connectivity index (χ0v) is 13.8. The van der Waals surface area contributed by atoms with E-state index in [0.29, 0.717) is 11.4 Å². The predicted octanol–water partition coefficient (Wildman–Crippen LogP) is 3.90. The van der Waals surface area contributed by atoms with Crippen LogP contribution in [0.1, 0.15) is 21.6 Å². The molecule has 122 valence electrons. The van der Waals surface area contributed by atoms with Gasteiger partial charge in [-0.2, -0.15) is 5.10 Å². The molecule has 0 radical (unpaired) electrons. The molecule has 0 atom stereocenters. The van der Waals surface area contributed by atoms with E-state index in [-0.39, 0.29) is 11.7 Å². The molecule has 3 rings (SSSR count). The second-order valence-electron chi connectivity index (χ2n) is 5.78. The zero-order chi connectivity index (χ0) is 17.3. The Kier molecular flexibility index (Phi) is 4.16. The Morgan fingerprint density at radius 2 is 1.92 bits per heavy atom. The van der Waals surface area contributed by atoms with Crippen molar-refractivity contribution in [3.8, 4) is 5.69 Å². The summed E-state index contributed by atoms with van der Waals surface area (Å²) >= 11 is 0. The van der Waals surface area contributed by atoms with Crippen molar-refractivity contribution in [2.75, 3.05) is 11.9 Å². The first-order valence-electron chi connectivity index (χ1n) is 7.62. The number of carbonyl (C=O) groups is 1. The Morgan fingerprint density at radius 1 is 1.12 bits per heavy atom. The lowest BCUT2D eigenvalue weighted by Gasteiger charge is -2.18. The minimum atomic E-state index is -0.344. The normalized spacial score (nSPS) is 10.7. The van der Waals surface area contributed by atoms with Crippen molar-refractivity contribution in [3.05, 3.63) is 77.4 Å². The molecule has 2 aromatic carbocycles. The van der Waals surface area contributed by atoms with Gasteiger partial charge < -0.3 is 4.90 Å². The first kappa shape index (κ1) is 15.9. The standard InChI is InChI=1S/C19H18FN3O/c1-13-7-8-18(14(2)11-13)22(3)19(24)17-9-10-23(21-17)16-6-4-5-15(20)12-16/h4-12H,1-3H3. The quantitative estimate of drug-likeness (QED) is 0.733. The van der Waals surface area contributed by atoms with E-state index in [9.17, 15) is 9.18 Å². The van der Waals surface area contributed by atoms with E-state index < -0.39 is 0 Å². The summed E-state index contributed by atoms with van der Waals surface area (Å²) in [6.07, 6.45) is 1.65. The number of hydrogen-bond donors (Lipinski definition) is 0. The highest BCUT2D eigenvalue weighted by atomic mass is 19.1. The predicted molar refractivity (Wildman–Crippen MR) is 92.2 cm³/mol. The van der Waals surface area contributed by atoms with Crippen molar-refractivity contribution in [2.24, 2.45) is 0 Å². The Labute approximate surface area is 140 Å². The molecule has 0 unspecified atom stereocenters. The molecule has 0 fully saturated rings. The van der Waals surface area contributed by atoms with E-state index in [0.717, 1.165) is 16.8 Å². The molecule has 1 aromatic heterocycles. The molecular formula is C19H18FN3O. The molecule has 3 aromatic rings. The number of halogens is 1. The molecule has 0 saturated heterocycles. The monoisotopic (exact) mass is 323 g/mol. The van der Waals surface area contributed by atoms with Crippen LogP contribution in [0.15, 0.2) is 54.7 Å². The molecule has 1 amide bonds. The van der Waals surface area contributed by atoms with Crippen LogP contribution in [0.5, 0.6) is 0 Å². The lowest BCUT2D eigenvalue weighted by atomic mass is 10.1. The third kappa shape index (κ3) is 3.06. The number of benzene rings is 2. The molecule has 24 heavy (non-hydrogen) atoms. The van der Waals surface area contributed by atoms with Gasteiger partial charge in [0.25, 0.3) is 5.91 Å². The minimum absolute atomic E-state index is 0.211. The number of carbonyl (C=O) groups excluding carboxylic acids is 1. The summed E-state index contributed by atoms with van der Waals surface area (Å²) in [5.41, 5.74) is 3.89. The van der Waals surface area contributed by atoms with Gasteiger partial charge in [0.1, 0.15) is 5.82 Å². The highest BCUT2D eigenvalue weighted by Gasteiger charge is 2.18. The van der Waals surface area contributed by atoms with Crippen LogP contribution in [0.2, 0.25) is 0 Å². The number of anilines is 1. The average Bonchev–Trinajstić information content (AvgIpc) is 3.03. The molecular weight excluding hydrogens is 305 g/mol. The maximum absolute atomic E-state index is 13.3. The molecule has 4 nitrogen and oxygen atoms in total. The smallest absolute Gasteiger partial charge is 0.278 e. The maximum Gasteiger partial charge on any atom is 0.278 e. The van der Waals surface area contributed by atoms with Gasteiger partial charge in [0, 0.05) is 18.9 Å². The Bertz CT molecular complexity index is 901. The number of rotatable bonds is 3. The number of nitrogens with zero attached hydrogens (tertiary/aromatic N) is 3. The molecule has 0 N–H and O–H groups in total. The van der Waals surface area contributed by atoms with Crippen molar-refractivity contribution >= 4 is 11.6 Å². The molecule has 0 aliphatic rings. The van der Waals surface area contributed by atoms with Crippen LogP contribution in [0.4, 0.5) is 10.1 Å². The van der Waals surface area contributed by atoms with Crippen LogP contribution in [-0.2, 0) is 0 Å². The van der Waals surface area contributed by atoms with Gasteiger partial charge in [0.05, 0.1) is 5.69 Å². The fraction of sp³-hybridized carbons (Fsp3) is 0.158. The van der Waals surface area contributed by atoms with Crippen LogP contribution < -0.4 is 4.90 Å². The van der Waals surface area contributed by atoms with Crippen LogP contribution in [0.3, 0.4) is 0 Å². The van der Waals surface area contributed by atoms with Crippen molar-refractivity contribution in [3.63, 3.8) is 0 Å². The van der Waals surface area contributed by atoms with Crippen molar-refractivity contribution in [2.45, 2.75) is 13.8 Å². The Morgan fingerprint density at radius 3 is 2.62 bits per heavy atom. The van der Waals surface area contributed by atoms with Gasteiger partial charge in [-0.15, -0.1) is 0 Å². The first-order valence-corrected chi connectivity index (χ1v) is 7.62. The summed E-state index contributed by atoms with van der Waals surface area (Å²) in [6.45, 7) is 3.98. The van der Waals surface area contributed by atoms with Crippen molar-refractivity contribution in [1.29, 1.82) is 0 Å². The number of aryl methyl sites for hydroxylation is 2. The fourth-order valence-corrected chi connectivity index (χ4v) is 2.66. The molecule has 0 saturated carbocycles. The van der Waals surface area contributed by atoms with Gasteiger partial charge in [-0.1, -0.05) is 23.8 Å². The largest absolute Gasteiger partial charge is 0.310 e. The van der Waals surface area contributed by atoms with Gasteiger partial charge in [-0.05, 0) is 49.7 Å². The summed E-state index contributed by atoms with van der Waals surface area (Å²) in [5.74, 6) is -0.555. The van der Waals surface area contributed by atoms with E-state index in [1.165, 1.54) is 16.8 Å². The zero-order valence-electron chi connectivity index (χ0n) is 13.8. The number of hydrogen-bond acceptors (Lipinski definition) is 2. The van der Waals surface area contributed by atoms with Crippen LogP contribution >= 0.6 is 0 Å². The Hall–Kier alpha value is -2.95. The van der Waals surface area contributed by atoms with Gasteiger partial charge in [-0.25, -0.2) is 9.07 Å². The summed E-state index contributed by atoms with van der Waals surface area (Å²) in [4.78, 5) is 14.2. The third-order valence-electron chi connectivity index (χ3n) is 3.90. The SMILES string of the molecule is Cc1ccc(N(C)C(=O)c2ccn(-c3cccc(F)c3)n2)c(C)c1. The summed E-state index contributed by atoms with van der Waals surface area (Å²) in [6, 6.07) is 13.6. The molecule has 1 heterocycles. The third-order valence-corrected chi connectivity index (χ3v) is 3.90. The fourth-order valence-electron chi connectivity index (χ4n) is 2.66. The topological polar surface area (TPSA) is 38.1 Å². The van der Waals surface area contributed by atoms with Gasteiger partial charge in [0.2, 0.25) is 0 Å². The molecule has 5 heteroatoms. The number of amides is 1. The van der Waals surface area contributed by atoms with E-state index in [1.54, 1.807) is 36.3 Å². The molecule has 0 spiro atoms.